The van der Waals surface area contributed by atoms with Crippen LogP contribution in [0.3, 0.4) is 0 Å². The van der Waals surface area contributed by atoms with Crippen LogP contribution in [-0.2, 0) is 0 Å². The fourth-order valence-electron chi connectivity index (χ4n) is 2.56. The van der Waals surface area contributed by atoms with Gasteiger partial charge in [0.25, 0.3) is 0 Å². The lowest BCUT2D eigenvalue weighted by Crippen LogP contribution is -2.19. The molecule has 0 N–H and O–H groups in total. The third-order valence-corrected chi connectivity index (χ3v) is 3.49. The van der Waals surface area contributed by atoms with Crippen molar-refractivity contribution in [3.8, 4) is 5.75 Å². The van der Waals surface area contributed by atoms with Gasteiger partial charge in [-0.1, -0.05) is 18.6 Å². The number of hydrogen-bond donors (Lipinski definition) is 0. The molecule has 0 aliphatic heterocycles. The average molecular weight is 227 g/mol. The predicted molar refractivity (Wildman–Crippen MR) is 69.2 cm³/mol. The van der Waals surface area contributed by atoms with Crippen LogP contribution in [-0.4, -0.2) is 11.1 Å². The smallest absolute Gasteiger partial charge is 0.127 e. The van der Waals surface area contributed by atoms with Crippen LogP contribution in [0, 0.1) is 0 Å². The molecule has 2 aromatic rings. The topological polar surface area (TPSA) is 22.1 Å². The third kappa shape index (κ3) is 2.26. The van der Waals surface area contributed by atoms with E-state index in [-0.39, 0.29) is 0 Å². The molecule has 1 aromatic heterocycles. The number of rotatable bonds is 2. The van der Waals surface area contributed by atoms with Crippen LogP contribution in [0.4, 0.5) is 0 Å². The molecule has 1 saturated carbocycles. The van der Waals surface area contributed by atoms with E-state index in [4.69, 9.17) is 4.74 Å². The molecule has 1 fully saturated rings. The molecule has 17 heavy (non-hydrogen) atoms. The second-order valence-electron chi connectivity index (χ2n) is 4.73. The van der Waals surface area contributed by atoms with Crippen molar-refractivity contribution in [1.29, 1.82) is 0 Å². The molecule has 0 unspecified atom stereocenters. The number of ether oxygens (including phenoxy) is 1. The van der Waals surface area contributed by atoms with Crippen molar-refractivity contribution >= 4 is 10.8 Å². The van der Waals surface area contributed by atoms with Crippen molar-refractivity contribution in [1.82, 2.24) is 4.98 Å². The van der Waals surface area contributed by atoms with E-state index in [1.54, 1.807) is 0 Å². The van der Waals surface area contributed by atoms with Gasteiger partial charge in [0.15, 0.2) is 0 Å². The highest BCUT2D eigenvalue weighted by Crippen LogP contribution is 2.29. The zero-order valence-corrected chi connectivity index (χ0v) is 9.93. The SMILES string of the molecule is c1cc(OC2CCCCC2)c2ccncc2c1. The third-order valence-electron chi connectivity index (χ3n) is 3.49. The quantitative estimate of drug-likeness (QED) is 0.775. The average Bonchev–Trinajstić information content (AvgIpc) is 2.40. The lowest BCUT2D eigenvalue weighted by molar-refractivity contribution is 0.157. The van der Waals surface area contributed by atoms with E-state index < -0.39 is 0 Å². The van der Waals surface area contributed by atoms with Gasteiger partial charge >= 0.3 is 0 Å². The van der Waals surface area contributed by atoms with Crippen molar-refractivity contribution in [2.45, 2.75) is 38.2 Å². The summed E-state index contributed by atoms with van der Waals surface area (Å²) in [5, 5.41) is 2.33. The lowest BCUT2D eigenvalue weighted by Gasteiger charge is -2.23. The highest BCUT2D eigenvalue weighted by molar-refractivity contribution is 5.87. The number of nitrogens with zero attached hydrogens (tertiary/aromatic N) is 1. The molecular formula is C15H17NO. The number of pyridine rings is 1. The monoisotopic (exact) mass is 227 g/mol. The van der Waals surface area contributed by atoms with Crippen LogP contribution in [0.1, 0.15) is 32.1 Å². The highest BCUT2D eigenvalue weighted by atomic mass is 16.5. The molecule has 1 aliphatic rings. The first-order valence-corrected chi connectivity index (χ1v) is 6.43. The maximum Gasteiger partial charge on any atom is 0.127 e. The summed E-state index contributed by atoms with van der Waals surface area (Å²) in [5.74, 6) is 1.01. The van der Waals surface area contributed by atoms with Gasteiger partial charge in [0.1, 0.15) is 5.75 Å². The maximum absolute atomic E-state index is 6.14. The van der Waals surface area contributed by atoms with Crippen molar-refractivity contribution in [2.75, 3.05) is 0 Å². The second kappa shape index (κ2) is 4.74. The van der Waals surface area contributed by atoms with Gasteiger partial charge in [0, 0.05) is 23.2 Å². The Morgan fingerprint density at radius 2 is 1.94 bits per heavy atom. The molecule has 2 heteroatoms. The van der Waals surface area contributed by atoms with Crippen molar-refractivity contribution in [3.05, 3.63) is 36.7 Å². The molecular weight excluding hydrogens is 210 g/mol. The molecule has 1 heterocycles. The number of aromatic nitrogens is 1. The number of benzene rings is 1. The molecule has 0 bridgehead atoms. The number of fused-ring (bicyclic) bond motifs is 1. The Labute approximate surface area is 102 Å². The van der Waals surface area contributed by atoms with Crippen LogP contribution >= 0.6 is 0 Å². The summed E-state index contributed by atoms with van der Waals surface area (Å²) in [6.45, 7) is 0. The van der Waals surface area contributed by atoms with Crippen molar-refractivity contribution in [3.63, 3.8) is 0 Å². The molecule has 0 spiro atoms. The van der Waals surface area contributed by atoms with Crippen LogP contribution in [0.2, 0.25) is 0 Å². The normalized spacial score (nSPS) is 17.2. The van der Waals surface area contributed by atoms with E-state index in [2.05, 4.69) is 17.1 Å². The van der Waals surface area contributed by atoms with Crippen LogP contribution < -0.4 is 4.74 Å². The Morgan fingerprint density at radius 3 is 2.82 bits per heavy atom. The summed E-state index contributed by atoms with van der Waals surface area (Å²) in [5.41, 5.74) is 0. The van der Waals surface area contributed by atoms with Gasteiger partial charge in [-0.25, -0.2) is 0 Å². The summed E-state index contributed by atoms with van der Waals surface area (Å²) in [6.07, 6.45) is 10.5. The fourth-order valence-corrected chi connectivity index (χ4v) is 2.56. The van der Waals surface area contributed by atoms with E-state index in [1.165, 1.54) is 37.5 Å². The minimum absolute atomic E-state index is 0.405. The molecule has 0 saturated heterocycles. The Morgan fingerprint density at radius 1 is 1.06 bits per heavy atom. The van der Waals surface area contributed by atoms with Crippen molar-refractivity contribution in [2.24, 2.45) is 0 Å². The first kappa shape index (κ1) is 10.6. The maximum atomic E-state index is 6.14. The summed E-state index contributed by atoms with van der Waals surface area (Å²) in [4.78, 5) is 4.15. The molecule has 0 atom stereocenters. The van der Waals surface area contributed by atoms with Gasteiger partial charge in [0.2, 0.25) is 0 Å². The minimum atomic E-state index is 0.405. The Balaban J connectivity index is 1.89. The van der Waals surface area contributed by atoms with Crippen LogP contribution in [0.15, 0.2) is 36.7 Å². The zero-order chi connectivity index (χ0) is 11.5. The van der Waals surface area contributed by atoms with Gasteiger partial charge in [-0.3, -0.25) is 4.98 Å². The Bertz CT molecular complexity index is 498. The van der Waals surface area contributed by atoms with E-state index in [1.807, 2.05) is 24.5 Å². The molecule has 0 amide bonds. The van der Waals surface area contributed by atoms with Gasteiger partial charge in [-0.2, -0.15) is 0 Å². The highest BCUT2D eigenvalue weighted by Gasteiger charge is 2.15. The van der Waals surface area contributed by atoms with Crippen molar-refractivity contribution < 1.29 is 4.74 Å². The molecule has 2 nitrogen and oxygen atoms in total. The summed E-state index contributed by atoms with van der Waals surface area (Å²) in [7, 11) is 0. The zero-order valence-electron chi connectivity index (χ0n) is 9.93. The first-order chi connectivity index (χ1) is 8.43. The van der Waals surface area contributed by atoms with Gasteiger partial charge in [-0.15, -0.1) is 0 Å². The van der Waals surface area contributed by atoms with Gasteiger partial charge in [0.05, 0.1) is 6.10 Å². The van der Waals surface area contributed by atoms with E-state index in [0.29, 0.717) is 6.10 Å². The molecule has 3 rings (SSSR count). The predicted octanol–water partition coefficient (Wildman–Crippen LogP) is 3.95. The molecule has 88 valence electrons. The van der Waals surface area contributed by atoms with Crippen LogP contribution in [0.25, 0.3) is 10.8 Å². The largest absolute Gasteiger partial charge is 0.490 e. The Hall–Kier alpha value is -1.57. The molecule has 1 aromatic carbocycles. The fraction of sp³-hybridized carbons (Fsp3) is 0.400. The summed E-state index contributed by atoms with van der Waals surface area (Å²) in [6, 6.07) is 8.22. The van der Waals surface area contributed by atoms with Crippen LogP contribution in [0.5, 0.6) is 5.75 Å². The summed E-state index contributed by atoms with van der Waals surface area (Å²) < 4.78 is 6.14. The molecule has 0 radical (unpaired) electrons. The lowest BCUT2D eigenvalue weighted by atomic mass is 9.97. The molecule has 1 aliphatic carbocycles. The van der Waals surface area contributed by atoms with Gasteiger partial charge < -0.3 is 4.74 Å². The van der Waals surface area contributed by atoms with Gasteiger partial charge in [-0.05, 0) is 37.8 Å². The van der Waals surface area contributed by atoms with E-state index in [0.717, 1.165) is 11.1 Å². The minimum Gasteiger partial charge on any atom is -0.490 e. The van der Waals surface area contributed by atoms with E-state index in [9.17, 15) is 0 Å². The standard InChI is InChI=1S/C15H17NO/c1-2-6-13(7-3-1)17-15-8-4-5-12-11-16-10-9-14(12)15/h4-5,8-11,13H,1-3,6-7H2. The Kier molecular flexibility index (Phi) is 2.95. The first-order valence-electron chi connectivity index (χ1n) is 6.43. The summed E-state index contributed by atoms with van der Waals surface area (Å²) >= 11 is 0. The van der Waals surface area contributed by atoms with E-state index >= 15 is 0 Å². The number of hydrogen-bond acceptors (Lipinski definition) is 2. The second-order valence-corrected chi connectivity index (χ2v) is 4.73.